The Labute approximate surface area is 101 Å². The number of ether oxygens (including phenoxy) is 2. The summed E-state index contributed by atoms with van der Waals surface area (Å²) in [5.74, 6) is -0.396. The zero-order valence-electron chi connectivity index (χ0n) is 10.0. The molecule has 1 spiro atoms. The molecule has 1 heterocycles. The Balaban J connectivity index is 1.99. The van der Waals surface area contributed by atoms with Gasteiger partial charge in [0.15, 0.2) is 5.79 Å². The van der Waals surface area contributed by atoms with Crippen LogP contribution in [-0.4, -0.2) is 24.5 Å². The van der Waals surface area contributed by atoms with Crippen LogP contribution in [0.5, 0.6) is 0 Å². The van der Waals surface area contributed by atoms with Crippen LogP contribution in [0.25, 0.3) is 10.4 Å². The molecule has 0 radical (unpaired) electrons. The SMILES string of the molecule is C=CC[C@@H](N=[N+]=[N-])[C@H]1COC2(CCCCC2)O1. The second-order valence-electron chi connectivity index (χ2n) is 4.74. The second kappa shape index (κ2) is 5.54. The van der Waals surface area contributed by atoms with Crippen molar-refractivity contribution < 1.29 is 9.47 Å². The van der Waals surface area contributed by atoms with Gasteiger partial charge in [0.2, 0.25) is 0 Å². The molecule has 0 N–H and O–H groups in total. The molecule has 0 amide bonds. The summed E-state index contributed by atoms with van der Waals surface area (Å²) in [5, 5.41) is 3.78. The number of azide groups is 1. The highest BCUT2D eigenvalue weighted by Gasteiger charge is 2.44. The van der Waals surface area contributed by atoms with E-state index < -0.39 is 5.79 Å². The van der Waals surface area contributed by atoms with E-state index >= 15 is 0 Å². The molecule has 1 saturated carbocycles. The highest BCUT2D eigenvalue weighted by atomic mass is 16.7. The number of hydrogen-bond donors (Lipinski definition) is 0. The van der Waals surface area contributed by atoms with Crippen LogP contribution < -0.4 is 0 Å². The number of rotatable bonds is 4. The average molecular weight is 237 g/mol. The van der Waals surface area contributed by atoms with Crippen LogP contribution in [0.3, 0.4) is 0 Å². The van der Waals surface area contributed by atoms with Crippen molar-refractivity contribution in [3.63, 3.8) is 0 Å². The van der Waals surface area contributed by atoms with E-state index in [1.165, 1.54) is 6.42 Å². The van der Waals surface area contributed by atoms with Crippen molar-refractivity contribution in [3.8, 4) is 0 Å². The van der Waals surface area contributed by atoms with Gasteiger partial charge in [-0.1, -0.05) is 17.6 Å². The summed E-state index contributed by atoms with van der Waals surface area (Å²) in [6.45, 7) is 4.20. The van der Waals surface area contributed by atoms with Crippen LogP contribution in [0.2, 0.25) is 0 Å². The van der Waals surface area contributed by atoms with E-state index in [2.05, 4.69) is 16.6 Å². The van der Waals surface area contributed by atoms with Gasteiger partial charge in [-0.25, -0.2) is 0 Å². The lowest BCUT2D eigenvalue weighted by Crippen LogP contribution is -2.35. The van der Waals surface area contributed by atoms with Gasteiger partial charge in [0.25, 0.3) is 0 Å². The minimum absolute atomic E-state index is 0.123. The van der Waals surface area contributed by atoms with Crippen LogP contribution in [0.4, 0.5) is 0 Å². The van der Waals surface area contributed by atoms with Crippen LogP contribution in [0.1, 0.15) is 38.5 Å². The first kappa shape index (κ1) is 12.4. The van der Waals surface area contributed by atoms with Crippen LogP contribution in [-0.2, 0) is 9.47 Å². The Bertz CT molecular complexity index is 320. The highest BCUT2D eigenvalue weighted by Crippen LogP contribution is 2.39. The molecule has 1 aliphatic carbocycles. The van der Waals surface area contributed by atoms with E-state index in [1.54, 1.807) is 6.08 Å². The normalized spacial score (nSPS) is 28.6. The van der Waals surface area contributed by atoms with E-state index in [1.807, 2.05) is 0 Å². The molecular weight excluding hydrogens is 218 g/mol. The van der Waals surface area contributed by atoms with Gasteiger partial charge in [0, 0.05) is 17.8 Å². The molecule has 1 saturated heterocycles. The molecule has 2 rings (SSSR count). The topological polar surface area (TPSA) is 67.2 Å². The fourth-order valence-electron chi connectivity index (χ4n) is 2.63. The first-order valence-corrected chi connectivity index (χ1v) is 6.26. The molecule has 2 atom stereocenters. The van der Waals surface area contributed by atoms with Gasteiger partial charge in [-0.3, -0.25) is 0 Å². The summed E-state index contributed by atoms with van der Waals surface area (Å²) in [6, 6.07) is -0.196. The molecule has 0 aromatic rings. The molecule has 2 aliphatic rings. The second-order valence-corrected chi connectivity index (χ2v) is 4.74. The van der Waals surface area contributed by atoms with E-state index in [0.717, 1.165) is 25.7 Å². The average Bonchev–Trinajstić information content (AvgIpc) is 2.74. The minimum Gasteiger partial charge on any atom is -0.347 e. The zero-order chi connectivity index (χ0) is 12.1. The zero-order valence-corrected chi connectivity index (χ0v) is 10.0. The van der Waals surface area contributed by atoms with Crippen molar-refractivity contribution in [2.45, 2.75) is 56.5 Å². The number of hydrogen-bond acceptors (Lipinski definition) is 3. The van der Waals surface area contributed by atoms with E-state index in [-0.39, 0.29) is 12.1 Å². The van der Waals surface area contributed by atoms with Crippen molar-refractivity contribution in [3.05, 3.63) is 23.1 Å². The van der Waals surface area contributed by atoms with Crippen LogP contribution in [0, 0.1) is 0 Å². The van der Waals surface area contributed by atoms with Crippen LogP contribution in [0.15, 0.2) is 17.8 Å². The molecule has 5 heteroatoms. The summed E-state index contributed by atoms with van der Waals surface area (Å²) in [5.41, 5.74) is 8.55. The van der Waals surface area contributed by atoms with E-state index in [9.17, 15) is 0 Å². The Morgan fingerprint density at radius 1 is 1.47 bits per heavy atom. The van der Waals surface area contributed by atoms with Gasteiger partial charge < -0.3 is 9.47 Å². The van der Waals surface area contributed by atoms with Crippen molar-refractivity contribution in [1.29, 1.82) is 0 Å². The third-order valence-corrected chi connectivity index (χ3v) is 3.53. The van der Waals surface area contributed by atoms with E-state index in [4.69, 9.17) is 15.0 Å². The highest BCUT2D eigenvalue weighted by molar-refractivity contribution is 4.91. The minimum atomic E-state index is -0.396. The van der Waals surface area contributed by atoms with Gasteiger partial charge >= 0.3 is 0 Å². The summed E-state index contributed by atoms with van der Waals surface area (Å²) in [7, 11) is 0. The molecule has 94 valence electrons. The molecule has 0 unspecified atom stereocenters. The molecular formula is C12H19N3O2. The fourth-order valence-corrected chi connectivity index (χ4v) is 2.63. The Hall–Kier alpha value is -1.03. The lowest BCUT2D eigenvalue weighted by atomic mass is 9.94. The van der Waals surface area contributed by atoms with Gasteiger partial charge in [0.1, 0.15) is 0 Å². The molecule has 17 heavy (non-hydrogen) atoms. The summed E-state index contributed by atoms with van der Waals surface area (Å²) >= 11 is 0. The van der Waals surface area contributed by atoms with Crippen molar-refractivity contribution in [1.82, 2.24) is 0 Å². The maximum absolute atomic E-state index is 8.55. The maximum atomic E-state index is 8.55. The van der Waals surface area contributed by atoms with E-state index in [0.29, 0.717) is 13.0 Å². The third kappa shape index (κ3) is 2.80. The summed E-state index contributed by atoms with van der Waals surface area (Å²) < 4.78 is 11.9. The quantitative estimate of drug-likeness (QED) is 0.326. The first-order chi connectivity index (χ1) is 8.29. The largest absolute Gasteiger partial charge is 0.347 e. The monoisotopic (exact) mass is 237 g/mol. The molecule has 5 nitrogen and oxygen atoms in total. The summed E-state index contributed by atoms with van der Waals surface area (Å²) in [6.07, 6.45) is 7.75. The Morgan fingerprint density at radius 3 is 2.88 bits per heavy atom. The van der Waals surface area contributed by atoms with Gasteiger partial charge in [-0.05, 0) is 24.8 Å². The predicted octanol–water partition coefficient (Wildman–Crippen LogP) is 3.32. The smallest absolute Gasteiger partial charge is 0.168 e. The predicted molar refractivity (Wildman–Crippen MR) is 64.4 cm³/mol. The van der Waals surface area contributed by atoms with Gasteiger partial charge in [0.05, 0.1) is 18.8 Å². The lowest BCUT2D eigenvalue weighted by molar-refractivity contribution is -0.188. The molecule has 0 aromatic carbocycles. The molecule has 0 bridgehead atoms. The summed E-state index contributed by atoms with van der Waals surface area (Å²) in [4.78, 5) is 2.87. The molecule has 2 fully saturated rings. The Kier molecular flexibility index (Phi) is 4.05. The lowest BCUT2D eigenvalue weighted by Gasteiger charge is -2.32. The Morgan fingerprint density at radius 2 is 2.24 bits per heavy atom. The third-order valence-electron chi connectivity index (χ3n) is 3.53. The van der Waals surface area contributed by atoms with Gasteiger partial charge in [-0.15, -0.1) is 6.58 Å². The standard InChI is InChI=1S/C12H19N3O2/c1-2-6-10(14-15-13)11-9-16-12(17-11)7-4-3-5-8-12/h2,10-11H,1,3-9H2/t10-,11-/m1/s1. The van der Waals surface area contributed by atoms with Gasteiger partial charge in [-0.2, -0.15) is 0 Å². The molecule has 0 aromatic heterocycles. The fraction of sp³-hybridized carbons (Fsp3) is 0.833. The number of nitrogens with zero attached hydrogens (tertiary/aromatic N) is 3. The molecule has 1 aliphatic heterocycles. The van der Waals surface area contributed by atoms with Crippen molar-refractivity contribution in [2.24, 2.45) is 5.11 Å². The first-order valence-electron chi connectivity index (χ1n) is 6.26. The van der Waals surface area contributed by atoms with Crippen molar-refractivity contribution in [2.75, 3.05) is 6.61 Å². The van der Waals surface area contributed by atoms with Crippen molar-refractivity contribution >= 4 is 0 Å². The van der Waals surface area contributed by atoms with Crippen LogP contribution >= 0.6 is 0 Å². The maximum Gasteiger partial charge on any atom is 0.168 e.